The van der Waals surface area contributed by atoms with Crippen LogP contribution in [0.1, 0.15) is 26.7 Å². The molecule has 1 fully saturated rings. The van der Waals surface area contributed by atoms with E-state index >= 15 is 0 Å². The molecule has 0 saturated carbocycles. The van der Waals surface area contributed by atoms with Gasteiger partial charge in [-0.05, 0) is 50.7 Å². The Morgan fingerprint density at radius 1 is 1.45 bits per heavy atom. The number of thioether (sulfide) groups is 2. The molecule has 0 aromatic rings. The first-order valence-corrected chi connectivity index (χ1v) is 9.20. The molecule has 1 rings (SSSR count). The van der Waals surface area contributed by atoms with E-state index in [4.69, 9.17) is 15.1 Å². The van der Waals surface area contributed by atoms with Crippen LogP contribution in [0.15, 0.2) is 0 Å². The molecule has 0 bridgehead atoms. The molecule has 7 heteroatoms. The summed E-state index contributed by atoms with van der Waals surface area (Å²) in [5.41, 5.74) is -0.472. The van der Waals surface area contributed by atoms with Crippen molar-refractivity contribution in [2.75, 3.05) is 24.0 Å². The molecule has 1 saturated heterocycles. The van der Waals surface area contributed by atoms with E-state index in [0.717, 1.165) is 17.9 Å². The van der Waals surface area contributed by atoms with E-state index in [-0.39, 0.29) is 12.0 Å². The van der Waals surface area contributed by atoms with Gasteiger partial charge in [-0.15, -0.1) is 0 Å². The third-order valence-corrected chi connectivity index (χ3v) is 3.77. The molecule has 0 aliphatic carbocycles. The van der Waals surface area contributed by atoms with E-state index in [0.29, 0.717) is 6.42 Å². The maximum Gasteiger partial charge on any atom is 0.251 e. The molecule has 2 atom stereocenters. The van der Waals surface area contributed by atoms with Crippen LogP contribution in [0.2, 0.25) is 0 Å². The number of ether oxygens (including phenoxy) is 1. The number of nitrogens with one attached hydrogen (secondary N) is 1. The standard InChI is InChI=1S/C8H15NO2S.C5H9NOS/c1-8(2)9-7(10)6(11-8)4-5-12-3;1-8-3-2-5(7)4-6/h6H,4-5H2,1-3H3,(H,9,10);5,7H,2-3H2,1H3. The van der Waals surface area contributed by atoms with Gasteiger partial charge in [0.1, 0.15) is 17.9 Å². The van der Waals surface area contributed by atoms with Crippen molar-refractivity contribution in [3.63, 3.8) is 0 Å². The Morgan fingerprint density at radius 3 is 2.45 bits per heavy atom. The summed E-state index contributed by atoms with van der Waals surface area (Å²) in [5.74, 6) is 1.84. The van der Waals surface area contributed by atoms with Crippen molar-refractivity contribution in [1.82, 2.24) is 5.32 Å². The smallest absolute Gasteiger partial charge is 0.251 e. The van der Waals surface area contributed by atoms with Crippen molar-refractivity contribution in [2.24, 2.45) is 0 Å². The summed E-state index contributed by atoms with van der Waals surface area (Å²) < 4.78 is 5.49. The highest BCUT2D eigenvalue weighted by Crippen LogP contribution is 2.19. The van der Waals surface area contributed by atoms with E-state index in [9.17, 15) is 4.79 Å². The van der Waals surface area contributed by atoms with Gasteiger partial charge in [0.25, 0.3) is 5.91 Å². The monoisotopic (exact) mass is 320 g/mol. The summed E-state index contributed by atoms with van der Waals surface area (Å²) in [7, 11) is 0. The van der Waals surface area contributed by atoms with Crippen LogP contribution in [-0.4, -0.2) is 53.0 Å². The molecule has 1 aliphatic rings. The molecule has 116 valence electrons. The summed E-state index contributed by atoms with van der Waals surface area (Å²) in [5, 5.41) is 19.4. The van der Waals surface area contributed by atoms with Gasteiger partial charge in [0, 0.05) is 0 Å². The van der Waals surface area contributed by atoms with E-state index in [2.05, 4.69) is 5.32 Å². The van der Waals surface area contributed by atoms with Crippen LogP contribution >= 0.6 is 23.5 Å². The van der Waals surface area contributed by atoms with Crippen LogP contribution in [-0.2, 0) is 9.53 Å². The minimum absolute atomic E-state index is 0.0223. The average molecular weight is 320 g/mol. The second-order valence-corrected chi connectivity index (χ2v) is 6.79. The first-order chi connectivity index (χ1) is 9.36. The molecule has 2 N–H and O–H groups in total. The lowest BCUT2D eigenvalue weighted by atomic mass is 10.3. The highest BCUT2D eigenvalue weighted by Gasteiger charge is 2.37. The number of hydrogen-bond acceptors (Lipinski definition) is 6. The van der Waals surface area contributed by atoms with E-state index in [1.807, 2.05) is 26.4 Å². The van der Waals surface area contributed by atoms with Gasteiger partial charge in [0.2, 0.25) is 0 Å². The Bertz CT molecular complexity index is 332. The largest absolute Gasteiger partial charge is 0.378 e. The zero-order chi connectivity index (χ0) is 15.6. The Hall–Kier alpha value is -0.420. The topological polar surface area (TPSA) is 82.3 Å². The number of aliphatic hydroxyl groups excluding tert-OH is 1. The van der Waals surface area contributed by atoms with Crippen molar-refractivity contribution >= 4 is 29.4 Å². The predicted molar refractivity (Wildman–Crippen MR) is 84.7 cm³/mol. The van der Waals surface area contributed by atoms with Crippen LogP contribution in [0.5, 0.6) is 0 Å². The zero-order valence-corrected chi connectivity index (χ0v) is 14.1. The van der Waals surface area contributed by atoms with Crippen LogP contribution in [0.4, 0.5) is 0 Å². The minimum Gasteiger partial charge on any atom is -0.378 e. The molecule has 1 aliphatic heterocycles. The number of aliphatic hydroxyl groups is 1. The number of carbonyl (C=O) groups excluding carboxylic acids is 1. The number of rotatable bonds is 6. The normalized spacial score (nSPS) is 21.4. The molecule has 20 heavy (non-hydrogen) atoms. The van der Waals surface area contributed by atoms with Crippen molar-refractivity contribution in [2.45, 2.75) is 44.6 Å². The van der Waals surface area contributed by atoms with Crippen LogP contribution in [0, 0.1) is 11.3 Å². The molecule has 1 heterocycles. The number of nitriles is 1. The maximum absolute atomic E-state index is 11.3. The molecule has 1 amide bonds. The van der Waals surface area contributed by atoms with E-state index < -0.39 is 11.8 Å². The van der Waals surface area contributed by atoms with E-state index in [1.54, 1.807) is 29.6 Å². The van der Waals surface area contributed by atoms with Crippen molar-refractivity contribution in [3.05, 3.63) is 0 Å². The summed E-state index contributed by atoms with van der Waals surface area (Å²) in [6.07, 6.45) is 4.35. The third kappa shape index (κ3) is 8.69. The van der Waals surface area contributed by atoms with Gasteiger partial charge in [-0.1, -0.05) is 0 Å². The molecular formula is C13H24N2O3S2. The molecule has 0 spiro atoms. The number of hydrogen-bond donors (Lipinski definition) is 2. The Kier molecular flexibility index (Phi) is 10.1. The van der Waals surface area contributed by atoms with E-state index in [1.165, 1.54) is 0 Å². The zero-order valence-electron chi connectivity index (χ0n) is 12.5. The Balaban J connectivity index is 0.000000396. The van der Waals surface area contributed by atoms with Gasteiger partial charge in [0.15, 0.2) is 0 Å². The van der Waals surface area contributed by atoms with Crippen molar-refractivity contribution in [1.29, 1.82) is 5.26 Å². The van der Waals surface area contributed by atoms with Crippen LogP contribution in [0.3, 0.4) is 0 Å². The quantitative estimate of drug-likeness (QED) is 0.724. The lowest BCUT2D eigenvalue weighted by Crippen LogP contribution is -2.35. The van der Waals surface area contributed by atoms with Gasteiger partial charge >= 0.3 is 0 Å². The minimum atomic E-state index is -0.762. The third-order valence-electron chi connectivity index (χ3n) is 2.48. The SMILES string of the molecule is CSCCC(O)C#N.CSCCC1OC(C)(C)NC1=O. The molecule has 0 radical (unpaired) electrons. The molecule has 0 aromatic heterocycles. The molecule has 0 aromatic carbocycles. The Morgan fingerprint density at radius 2 is 2.05 bits per heavy atom. The van der Waals surface area contributed by atoms with Gasteiger partial charge in [-0.25, -0.2) is 0 Å². The fourth-order valence-corrected chi connectivity index (χ4v) is 2.43. The molecule has 5 nitrogen and oxygen atoms in total. The first kappa shape index (κ1) is 19.6. The number of carbonyl (C=O) groups is 1. The summed E-state index contributed by atoms with van der Waals surface area (Å²) in [4.78, 5) is 11.3. The number of amides is 1. The lowest BCUT2D eigenvalue weighted by Gasteiger charge is -2.16. The average Bonchev–Trinajstić information content (AvgIpc) is 2.66. The van der Waals surface area contributed by atoms with Crippen molar-refractivity contribution < 1.29 is 14.6 Å². The first-order valence-electron chi connectivity index (χ1n) is 6.41. The number of nitrogens with zero attached hydrogens (tertiary/aromatic N) is 1. The Labute approximate surface area is 129 Å². The molecule has 2 unspecified atom stereocenters. The second kappa shape index (κ2) is 10.3. The van der Waals surface area contributed by atoms with Crippen molar-refractivity contribution in [3.8, 4) is 6.07 Å². The van der Waals surface area contributed by atoms with Gasteiger partial charge in [-0.2, -0.15) is 28.8 Å². The van der Waals surface area contributed by atoms with Crippen LogP contribution in [0.25, 0.3) is 0 Å². The second-order valence-electron chi connectivity index (χ2n) is 4.81. The highest BCUT2D eigenvalue weighted by molar-refractivity contribution is 7.98. The molecular weight excluding hydrogens is 296 g/mol. The van der Waals surface area contributed by atoms with Crippen LogP contribution < -0.4 is 5.32 Å². The summed E-state index contributed by atoms with van der Waals surface area (Å²) >= 11 is 3.36. The van der Waals surface area contributed by atoms with Gasteiger partial charge < -0.3 is 15.2 Å². The fraction of sp³-hybridized carbons (Fsp3) is 0.846. The van der Waals surface area contributed by atoms with Gasteiger partial charge in [-0.3, -0.25) is 4.79 Å². The van der Waals surface area contributed by atoms with Gasteiger partial charge in [0.05, 0.1) is 6.07 Å². The summed E-state index contributed by atoms with van der Waals surface area (Å²) in [6.45, 7) is 3.73. The predicted octanol–water partition coefficient (Wildman–Crippen LogP) is 1.61. The lowest BCUT2D eigenvalue weighted by molar-refractivity contribution is -0.123. The fourth-order valence-electron chi connectivity index (χ4n) is 1.52. The maximum atomic E-state index is 11.3. The summed E-state index contributed by atoms with van der Waals surface area (Å²) in [6, 6.07) is 1.74. The highest BCUT2D eigenvalue weighted by atomic mass is 32.2.